The van der Waals surface area contributed by atoms with Crippen LogP contribution in [0.25, 0.3) is 11.2 Å². The van der Waals surface area contributed by atoms with E-state index in [9.17, 15) is 0 Å². The first-order valence-corrected chi connectivity index (χ1v) is 6.77. The van der Waals surface area contributed by atoms with Crippen LogP contribution in [-0.4, -0.2) is 55.3 Å². The minimum absolute atomic E-state index is 0.118. The van der Waals surface area contributed by atoms with Crippen LogP contribution in [0.15, 0.2) is 11.4 Å². The number of ether oxygens (including phenoxy) is 1. The third-order valence-corrected chi connectivity index (χ3v) is 3.17. The van der Waals surface area contributed by atoms with Gasteiger partial charge in [-0.25, -0.2) is 9.97 Å². The predicted molar refractivity (Wildman–Crippen MR) is 70.6 cm³/mol. The zero-order valence-electron chi connectivity index (χ0n) is 10.4. The lowest BCUT2D eigenvalue weighted by Crippen LogP contribution is -2.23. The van der Waals surface area contributed by atoms with E-state index in [0.717, 1.165) is 0 Å². The van der Waals surface area contributed by atoms with Crippen LogP contribution >= 0.6 is 11.8 Å². The van der Waals surface area contributed by atoms with Gasteiger partial charge in [-0.3, -0.25) is 4.57 Å². The average molecular weight is 285 g/mol. The molecule has 9 heteroatoms. The van der Waals surface area contributed by atoms with E-state index in [0.29, 0.717) is 16.2 Å². The number of aromatic nitrogens is 4. The minimum Gasteiger partial charge on any atom is -0.394 e. The molecule has 0 saturated carbocycles. The van der Waals surface area contributed by atoms with E-state index >= 15 is 0 Å². The second-order valence-electron chi connectivity index (χ2n) is 3.76. The van der Waals surface area contributed by atoms with Crippen LogP contribution in [0.1, 0.15) is 0 Å². The summed E-state index contributed by atoms with van der Waals surface area (Å²) in [4.78, 5) is 12.4. The van der Waals surface area contributed by atoms with E-state index in [4.69, 9.17) is 20.7 Å². The molecule has 0 atom stereocenters. The molecule has 2 aromatic heterocycles. The number of aliphatic hydroxyl groups excluding tert-OH is 2. The third kappa shape index (κ3) is 2.95. The van der Waals surface area contributed by atoms with Gasteiger partial charge in [0.2, 0.25) is 5.95 Å². The highest BCUT2D eigenvalue weighted by Gasteiger charge is 2.13. The number of anilines is 1. The van der Waals surface area contributed by atoms with E-state index in [-0.39, 0.29) is 25.9 Å². The second-order valence-corrected chi connectivity index (χ2v) is 4.56. The van der Waals surface area contributed by atoms with E-state index in [1.165, 1.54) is 11.8 Å². The fourth-order valence-corrected chi connectivity index (χ4v) is 2.04. The highest BCUT2D eigenvalue weighted by atomic mass is 32.2. The number of aliphatic hydroxyl groups is 2. The van der Waals surface area contributed by atoms with Gasteiger partial charge in [-0.15, -0.1) is 11.8 Å². The van der Waals surface area contributed by atoms with Gasteiger partial charge in [0.1, 0.15) is 23.4 Å². The molecule has 0 radical (unpaired) electrons. The molecule has 0 unspecified atom stereocenters. The standard InChI is InChI=1S/C10H15N5O3S/c1-19-9-7-8(13-10(11)14-9)15(4-12-7)5-18-6(2-16)3-17/h4,6,16-17H,2-3,5H2,1H3,(H2,11,13,14). The van der Waals surface area contributed by atoms with Crippen LogP contribution in [0.2, 0.25) is 0 Å². The maximum absolute atomic E-state index is 8.94. The zero-order chi connectivity index (χ0) is 13.8. The molecule has 19 heavy (non-hydrogen) atoms. The van der Waals surface area contributed by atoms with Crippen molar-refractivity contribution in [2.45, 2.75) is 17.9 Å². The first-order chi connectivity index (χ1) is 9.19. The largest absolute Gasteiger partial charge is 0.394 e. The molecule has 104 valence electrons. The predicted octanol–water partition coefficient (Wildman–Crippen LogP) is -0.542. The summed E-state index contributed by atoms with van der Waals surface area (Å²) in [7, 11) is 0. The Hall–Kier alpha value is -1.42. The molecule has 8 nitrogen and oxygen atoms in total. The molecule has 2 rings (SSSR count). The van der Waals surface area contributed by atoms with Gasteiger partial charge in [-0.2, -0.15) is 4.98 Å². The van der Waals surface area contributed by atoms with Gasteiger partial charge in [0.05, 0.1) is 19.5 Å². The number of imidazole rings is 1. The number of fused-ring (bicyclic) bond motifs is 1. The zero-order valence-corrected chi connectivity index (χ0v) is 11.2. The molecule has 0 aliphatic heterocycles. The van der Waals surface area contributed by atoms with Crippen LogP contribution in [0.4, 0.5) is 5.95 Å². The summed E-state index contributed by atoms with van der Waals surface area (Å²) in [6.45, 7) is -0.390. The van der Waals surface area contributed by atoms with Crippen LogP contribution in [0.3, 0.4) is 0 Å². The molecule has 0 bridgehead atoms. The van der Waals surface area contributed by atoms with Crippen LogP contribution < -0.4 is 5.73 Å². The number of hydrogen-bond donors (Lipinski definition) is 3. The molecule has 0 aliphatic rings. The average Bonchev–Trinajstić information content (AvgIpc) is 2.82. The summed E-state index contributed by atoms with van der Waals surface area (Å²) in [6, 6.07) is 0. The Kier molecular flexibility index (Phi) is 4.53. The minimum atomic E-state index is -0.628. The first-order valence-electron chi connectivity index (χ1n) is 5.55. The smallest absolute Gasteiger partial charge is 0.223 e. The Morgan fingerprint density at radius 1 is 1.42 bits per heavy atom. The van der Waals surface area contributed by atoms with Gasteiger partial charge in [0, 0.05) is 0 Å². The quantitative estimate of drug-likeness (QED) is 0.478. The van der Waals surface area contributed by atoms with E-state index in [2.05, 4.69) is 15.0 Å². The van der Waals surface area contributed by atoms with Gasteiger partial charge in [0.25, 0.3) is 0 Å². The Labute approximate surface area is 113 Å². The second kappa shape index (κ2) is 6.15. The van der Waals surface area contributed by atoms with Crippen molar-refractivity contribution in [3.05, 3.63) is 6.33 Å². The number of hydrogen-bond acceptors (Lipinski definition) is 8. The Morgan fingerprint density at radius 2 is 2.16 bits per heavy atom. The van der Waals surface area contributed by atoms with E-state index in [1.807, 2.05) is 6.26 Å². The molecule has 0 spiro atoms. The van der Waals surface area contributed by atoms with Crippen molar-refractivity contribution in [2.75, 3.05) is 25.2 Å². The molecule has 2 heterocycles. The van der Waals surface area contributed by atoms with Crippen molar-refractivity contribution >= 4 is 28.9 Å². The van der Waals surface area contributed by atoms with Crippen molar-refractivity contribution < 1.29 is 14.9 Å². The number of nitrogen functional groups attached to an aromatic ring is 1. The molecule has 4 N–H and O–H groups in total. The maximum atomic E-state index is 8.94. The Balaban J connectivity index is 2.27. The molecule has 0 saturated heterocycles. The van der Waals surface area contributed by atoms with Crippen molar-refractivity contribution in [3.63, 3.8) is 0 Å². The summed E-state index contributed by atoms with van der Waals surface area (Å²) < 4.78 is 6.97. The number of thioether (sulfide) groups is 1. The molecule has 0 fully saturated rings. The van der Waals surface area contributed by atoms with Gasteiger partial charge < -0.3 is 20.7 Å². The SMILES string of the molecule is CSc1nc(N)nc2c1ncn2COC(CO)CO. The fraction of sp³-hybridized carbons (Fsp3) is 0.500. The number of nitrogens with zero attached hydrogens (tertiary/aromatic N) is 4. The maximum Gasteiger partial charge on any atom is 0.223 e. The Bertz CT molecular complexity index is 557. The van der Waals surface area contributed by atoms with Crippen molar-refractivity contribution in [3.8, 4) is 0 Å². The van der Waals surface area contributed by atoms with Crippen molar-refractivity contribution in [2.24, 2.45) is 0 Å². The summed E-state index contributed by atoms with van der Waals surface area (Å²) in [5.41, 5.74) is 6.85. The number of nitrogens with two attached hydrogens (primary N) is 1. The summed E-state index contributed by atoms with van der Waals surface area (Å²) >= 11 is 1.43. The van der Waals surface area contributed by atoms with Crippen LogP contribution in [-0.2, 0) is 11.5 Å². The lowest BCUT2D eigenvalue weighted by Gasteiger charge is -2.13. The molecule has 2 aromatic rings. The summed E-state index contributed by atoms with van der Waals surface area (Å²) in [5, 5.41) is 18.6. The number of rotatable bonds is 6. The summed E-state index contributed by atoms with van der Waals surface area (Å²) in [6.07, 6.45) is 2.81. The van der Waals surface area contributed by atoms with Gasteiger partial charge in [-0.05, 0) is 6.26 Å². The van der Waals surface area contributed by atoms with Crippen LogP contribution in [0.5, 0.6) is 0 Å². The molecule has 0 aliphatic carbocycles. The summed E-state index contributed by atoms with van der Waals surface area (Å²) in [5.74, 6) is 0.166. The van der Waals surface area contributed by atoms with Gasteiger partial charge >= 0.3 is 0 Å². The fourth-order valence-electron chi connectivity index (χ4n) is 1.52. The van der Waals surface area contributed by atoms with Crippen LogP contribution in [0, 0.1) is 0 Å². The van der Waals surface area contributed by atoms with Gasteiger partial charge in [0.15, 0.2) is 5.65 Å². The Morgan fingerprint density at radius 3 is 2.79 bits per heavy atom. The van der Waals surface area contributed by atoms with Crippen molar-refractivity contribution in [1.82, 2.24) is 19.5 Å². The lowest BCUT2D eigenvalue weighted by atomic mass is 10.4. The molecular weight excluding hydrogens is 270 g/mol. The molecular formula is C10H15N5O3S. The van der Waals surface area contributed by atoms with E-state index in [1.54, 1.807) is 10.9 Å². The highest BCUT2D eigenvalue weighted by Crippen LogP contribution is 2.22. The highest BCUT2D eigenvalue weighted by molar-refractivity contribution is 7.98. The first kappa shape index (κ1) is 14.0. The van der Waals surface area contributed by atoms with Crippen molar-refractivity contribution in [1.29, 1.82) is 0 Å². The normalized spacial score (nSPS) is 11.6. The van der Waals surface area contributed by atoms with E-state index < -0.39 is 6.10 Å². The molecule has 0 amide bonds. The van der Waals surface area contributed by atoms with Gasteiger partial charge in [-0.1, -0.05) is 0 Å². The topological polar surface area (TPSA) is 119 Å². The molecule has 0 aromatic carbocycles. The monoisotopic (exact) mass is 285 g/mol. The lowest BCUT2D eigenvalue weighted by molar-refractivity contribution is -0.0488. The third-order valence-electron chi connectivity index (χ3n) is 2.50.